The number of halogens is 3. The summed E-state index contributed by atoms with van der Waals surface area (Å²) in [5.74, 6) is 0.614. The molecule has 2 N–H and O–H groups in total. The van der Waals surface area contributed by atoms with E-state index in [-0.39, 0.29) is 12.3 Å². The summed E-state index contributed by atoms with van der Waals surface area (Å²) in [7, 11) is 0. The minimum Gasteiger partial charge on any atom is -0.493 e. The smallest absolute Gasteiger partial charge is 0.493 e. The van der Waals surface area contributed by atoms with Gasteiger partial charge >= 0.3 is 6.36 Å². The predicted molar refractivity (Wildman–Crippen MR) is 59.2 cm³/mol. The van der Waals surface area contributed by atoms with Crippen LogP contribution < -0.4 is 15.2 Å². The molecule has 18 heavy (non-hydrogen) atoms. The van der Waals surface area contributed by atoms with Crippen LogP contribution >= 0.6 is 0 Å². The molecule has 0 aromatic heterocycles. The zero-order valence-corrected chi connectivity index (χ0v) is 9.67. The van der Waals surface area contributed by atoms with Crippen LogP contribution in [-0.4, -0.2) is 13.0 Å². The topological polar surface area (TPSA) is 44.5 Å². The van der Waals surface area contributed by atoms with Crippen molar-refractivity contribution in [3.63, 3.8) is 0 Å². The maximum atomic E-state index is 12.2. The van der Waals surface area contributed by atoms with Crippen LogP contribution in [0.2, 0.25) is 0 Å². The predicted octanol–water partition coefficient (Wildman–Crippen LogP) is 2.83. The molecule has 0 heterocycles. The highest BCUT2D eigenvalue weighted by atomic mass is 19.4. The van der Waals surface area contributed by atoms with E-state index in [0.29, 0.717) is 23.8 Å². The Hall–Kier alpha value is -1.43. The Morgan fingerprint density at radius 1 is 1.28 bits per heavy atom. The molecule has 0 saturated heterocycles. The van der Waals surface area contributed by atoms with E-state index in [9.17, 15) is 13.2 Å². The van der Waals surface area contributed by atoms with Crippen molar-refractivity contribution < 1.29 is 22.6 Å². The average Bonchev–Trinajstić information content (AvgIpc) is 3.08. The van der Waals surface area contributed by atoms with Gasteiger partial charge in [-0.15, -0.1) is 13.2 Å². The molecule has 1 aliphatic carbocycles. The van der Waals surface area contributed by atoms with Crippen LogP contribution in [0.5, 0.6) is 11.5 Å². The van der Waals surface area contributed by atoms with Crippen molar-refractivity contribution in [3.05, 3.63) is 23.8 Å². The van der Waals surface area contributed by atoms with Crippen molar-refractivity contribution in [2.45, 2.75) is 25.7 Å². The van der Waals surface area contributed by atoms with Crippen LogP contribution in [0.4, 0.5) is 13.2 Å². The standard InChI is InChI=1S/C12H14F3NO2/c13-12(14,15)18-11-5-10(4-3-9(11)6-16)17-7-8-1-2-8/h3-5,8H,1-2,6-7,16H2. The van der Waals surface area contributed by atoms with Gasteiger partial charge in [-0.2, -0.15) is 0 Å². The lowest BCUT2D eigenvalue weighted by Crippen LogP contribution is -2.18. The van der Waals surface area contributed by atoms with E-state index in [0.717, 1.165) is 12.8 Å². The van der Waals surface area contributed by atoms with E-state index < -0.39 is 6.36 Å². The highest BCUT2D eigenvalue weighted by Crippen LogP contribution is 2.32. The number of hydrogen-bond donors (Lipinski definition) is 1. The van der Waals surface area contributed by atoms with Crippen molar-refractivity contribution >= 4 is 0 Å². The largest absolute Gasteiger partial charge is 0.573 e. The second kappa shape index (κ2) is 5.06. The molecule has 0 bridgehead atoms. The van der Waals surface area contributed by atoms with E-state index >= 15 is 0 Å². The molecule has 1 aromatic carbocycles. The highest BCUT2D eigenvalue weighted by molar-refractivity contribution is 5.40. The van der Waals surface area contributed by atoms with Crippen molar-refractivity contribution in [1.82, 2.24) is 0 Å². The summed E-state index contributed by atoms with van der Waals surface area (Å²) in [6.45, 7) is 0.516. The van der Waals surface area contributed by atoms with Crippen LogP contribution in [-0.2, 0) is 6.54 Å². The summed E-state index contributed by atoms with van der Waals surface area (Å²) >= 11 is 0. The first-order valence-corrected chi connectivity index (χ1v) is 5.69. The molecule has 0 spiro atoms. The van der Waals surface area contributed by atoms with E-state index in [1.807, 2.05) is 0 Å². The fraction of sp³-hybridized carbons (Fsp3) is 0.500. The zero-order chi connectivity index (χ0) is 13.2. The maximum absolute atomic E-state index is 12.2. The van der Waals surface area contributed by atoms with Crippen LogP contribution in [0.1, 0.15) is 18.4 Å². The molecule has 0 radical (unpaired) electrons. The van der Waals surface area contributed by atoms with Gasteiger partial charge in [-0.25, -0.2) is 0 Å². The molecular formula is C12H14F3NO2. The summed E-state index contributed by atoms with van der Waals surface area (Å²) in [6, 6.07) is 4.33. The highest BCUT2D eigenvalue weighted by Gasteiger charge is 2.32. The van der Waals surface area contributed by atoms with Crippen LogP contribution in [0, 0.1) is 5.92 Å². The number of hydrogen-bond acceptors (Lipinski definition) is 3. The second-order valence-electron chi connectivity index (χ2n) is 4.28. The first-order chi connectivity index (χ1) is 8.48. The van der Waals surface area contributed by atoms with Gasteiger partial charge in [0, 0.05) is 18.2 Å². The maximum Gasteiger partial charge on any atom is 0.573 e. The van der Waals surface area contributed by atoms with Gasteiger partial charge < -0.3 is 15.2 Å². The quantitative estimate of drug-likeness (QED) is 0.886. The zero-order valence-electron chi connectivity index (χ0n) is 9.67. The molecule has 0 unspecified atom stereocenters. The molecule has 3 nitrogen and oxygen atoms in total. The lowest BCUT2D eigenvalue weighted by molar-refractivity contribution is -0.274. The Balaban J connectivity index is 2.09. The van der Waals surface area contributed by atoms with Gasteiger partial charge in [-0.05, 0) is 24.8 Å². The molecule has 1 aliphatic rings. The summed E-state index contributed by atoms with van der Waals surface area (Å²) in [5.41, 5.74) is 5.66. The number of nitrogens with two attached hydrogens (primary N) is 1. The van der Waals surface area contributed by atoms with E-state index in [4.69, 9.17) is 10.5 Å². The van der Waals surface area contributed by atoms with Crippen molar-refractivity contribution in [1.29, 1.82) is 0 Å². The lowest BCUT2D eigenvalue weighted by Gasteiger charge is -2.14. The number of rotatable bonds is 5. The molecule has 6 heteroatoms. The van der Waals surface area contributed by atoms with Crippen molar-refractivity contribution in [2.75, 3.05) is 6.61 Å². The van der Waals surface area contributed by atoms with E-state index in [2.05, 4.69) is 4.74 Å². The molecule has 2 rings (SSSR count). The van der Waals surface area contributed by atoms with Gasteiger partial charge in [0.2, 0.25) is 0 Å². The summed E-state index contributed by atoms with van der Waals surface area (Å²) in [4.78, 5) is 0. The van der Waals surface area contributed by atoms with E-state index in [1.54, 1.807) is 6.07 Å². The molecule has 0 amide bonds. The third-order valence-electron chi connectivity index (χ3n) is 2.67. The average molecular weight is 261 g/mol. The van der Waals surface area contributed by atoms with Gasteiger partial charge in [0.15, 0.2) is 0 Å². The Morgan fingerprint density at radius 2 is 2.00 bits per heavy atom. The van der Waals surface area contributed by atoms with Crippen molar-refractivity contribution in [3.8, 4) is 11.5 Å². The lowest BCUT2D eigenvalue weighted by atomic mass is 10.2. The Kier molecular flexibility index (Phi) is 3.65. The number of benzene rings is 1. The second-order valence-corrected chi connectivity index (χ2v) is 4.28. The van der Waals surface area contributed by atoms with Gasteiger partial charge in [0.05, 0.1) is 6.61 Å². The van der Waals surface area contributed by atoms with E-state index in [1.165, 1.54) is 12.1 Å². The Morgan fingerprint density at radius 3 is 2.56 bits per heavy atom. The van der Waals surface area contributed by atoms with Gasteiger partial charge in [-0.1, -0.05) is 6.07 Å². The normalized spacial score (nSPS) is 15.6. The summed E-state index contributed by atoms with van der Waals surface area (Å²) < 4.78 is 46.0. The first kappa shape index (κ1) is 13.0. The van der Waals surface area contributed by atoms with Crippen molar-refractivity contribution in [2.24, 2.45) is 11.7 Å². The summed E-state index contributed by atoms with van der Waals surface area (Å²) in [6.07, 6.45) is -2.49. The third kappa shape index (κ3) is 3.80. The molecule has 1 fully saturated rings. The molecule has 1 aromatic rings. The Labute approximate surface area is 103 Å². The molecule has 0 atom stereocenters. The third-order valence-corrected chi connectivity index (χ3v) is 2.67. The monoisotopic (exact) mass is 261 g/mol. The van der Waals surface area contributed by atoms with Crippen LogP contribution in [0.25, 0.3) is 0 Å². The summed E-state index contributed by atoms with van der Waals surface area (Å²) in [5, 5.41) is 0. The minimum absolute atomic E-state index is 0.0195. The minimum atomic E-state index is -4.72. The number of ether oxygens (including phenoxy) is 2. The van der Waals surface area contributed by atoms with Gasteiger partial charge in [-0.3, -0.25) is 0 Å². The molecule has 0 aliphatic heterocycles. The first-order valence-electron chi connectivity index (χ1n) is 5.69. The van der Waals surface area contributed by atoms with Crippen LogP contribution in [0.15, 0.2) is 18.2 Å². The van der Waals surface area contributed by atoms with Gasteiger partial charge in [0.1, 0.15) is 11.5 Å². The van der Waals surface area contributed by atoms with Crippen LogP contribution in [0.3, 0.4) is 0 Å². The molecule has 100 valence electrons. The fourth-order valence-electron chi connectivity index (χ4n) is 1.51. The number of alkyl halides is 3. The molecule has 1 saturated carbocycles. The fourth-order valence-corrected chi connectivity index (χ4v) is 1.51. The van der Waals surface area contributed by atoms with Gasteiger partial charge in [0.25, 0.3) is 0 Å². The molecular weight excluding hydrogens is 247 g/mol. The Bertz CT molecular complexity index is 416. The SMILES string of the molecule is NCc1ccc(OCC2CC2)cc1OC(F)(F)F.